The number of aryl methyl sites for hydroxylation is 2. The van der Waals surface area contributed by atoms with Crippen LogP contribution in [0.3, 0.4) is 0 Å². The third-order valence-electron chi connectivity index (χ3n) is 3.20. The molecule has 0 saturated carbocycles. The van der Waals surface area contributed by atoms with E-state index < -0.39 is 0 Å². The highest BCUT2D eigenvalue weighted by Crippen LogP contribution is 2.22. The lowest BCUT2D eigenvalue weighted by Crippen LogP contribution is -2.31. The second-order valence-electron chi connectivity index (χ2n) is 4.20. The van der Waals surface area contributed by atoms with Crippen molar-refractivity contribution >= 4 is 11.3 Å². The van der Waals surface area contributed by atoms with Gasteiger partial charge >= 0.3 is 0 Å². The molecule has 0 spiro atoms. The lowest BCUT2D eigenvalue weighted by molar-refractivity contribution is 0.381. The molecule has 0 amide bonds. The van der Waals surface area contributed by atoms with Gasteiger partial charge in [-0.25, -0.2) is 4.98 Å². The topological polar surface area (TPSA) is 24.9 Å². The van der Waals surface area contributed by atoms with Gasteiger partial charge in [0.25, 0.3) is 0 Å². The Morgan fingerprint density at radius 3 is 2.47 bits per heavy atom. The van der Waals surface area contributed by atoms with E-state index in [9.17, 15) is 0 Å². The highest BCUT2D eigenvalue weighted by molar-refractivity contribution is 7.11. The molecule has 0 saturated heterocycles. The first-order chi connectivity index (χ1) is 7.08. The summed E-state index contributed by atoms with van der Waals surface area (Å²) in [4.78, 5) is 5.96. The van der Waals surface area contributed by atoms with Crippen LogP contribution in [0, 0.1) is 19.8 Å². The molecule has 0 aromatic carbocycles. The minimum absolute atomic E-state index is 0.569. The van der Waals surface area contributed by atoms with Crippen LogP contribution in [0.4, 0.5) is 0 Å². The molecule has 0 aliphatic rings. The Labute approximate surface area is 97.1 Å². The fourth-order valence-electron chi connectivity index (χ4n) is 1.76. The van der Waals surface area contributed by atoms with E-state index in [-0.39, 0.29) is 0 Å². The number of hydrogen-bond acceptors (Lipinski definition) is 3. The van der Waals surface area contributed by atoms with E-state index in [0.717, 1.165) is 6.42 Å². The molecule has 3 heteroatoms. The van der Waals surface area contributed by atoms with E-state index in [1.54, 1.807) is 0 Å². The van der Waals surface area contributed by atoms with E-state index in [1.807, 2.05) is 18.4 Å². The number of nitrogens with zero attached hydrogens (tertiary/aromatic N) is 1. The minimum atomic E-state index is 0.569. The quantitative estimate of drug-likeness (QED) is 0.835. The lowest BCUT2D eigenvalue weighted by Gasteiger charge is -2.20. The van der Waals surface area contributed by atoms with Gasteiger partial charge in [0.1, 0.15) is 0 Å². The molecule has 1 aromatic heterocycles. The third kappa shape index (κ3) is 3.28. The van der Waals surface area contributed by atoms with E-state index in [4.69, 9.17) is 0 Å². The van der Waals surface area contributed by atoms with Crippen molar-refractivity contribution in [1.29, 1.82) is 0 Å². The Morgan fingerprint density at radius 2 is 2.07 bits per heavy atom. The summed E-state index contributed by atoms with van der Waals surface area (Å²) in [5.74, 6) is 0.694. The van der Waals surface area contributed by atoms with Crippen LogP contribution in [0.15, 0.2) is 0 Å². The van der Waals surface area contributed by atoms with Crippen molar-refractivity contribution in [3.8, 4) is 0 Å². The minimum Gasteiger partial charge on any atom is -0.317 e. The zero-order valence-corrected chi connectivity index (χ0v) is 11.2. The molecule has 1 N–H and O–H groups in total. The van der Waals surface area contributed by atoms with Crippen LogP contribution in [0.1, 0.15) is 35.8 Å². The summed E-state index contributed by atoms with van der Waals surface area (Å²) in [6.45, 7) is 8.75. The first-order valence-corrected chi connectivity index (χ1v) is 6.50. The van der Waals surface area contributed by atoms with Crippen molar-refractivity contribution in [2.24, 2.45) is 5.92 Å². The summed E-state index contributed by atoms with van der Waals surface area (Å²) < 4.78 is 0. The SMILES string of the molecule is CCC(Cc1nc(C)c(C)s1)C(C)NC. The van der Waals surface area contributed by atoms with Crippen LogP contribution in [0.2, 0.25) is 0 Å². The molecule has 0 bridgehead atoms. The van der Waals surface area contributed by atoms with E-state index in [2.05, 4.69) is 38.0 Å². The van der Waals surface area contributed by atoms with Crippen molar-refractivity contribution in [3.05, 3.63) is 15.6 Å². The molecule has 1 heterocycles. The van der Waals surface area contributed by atoms with Crippen molar-refractivity contribution < 1.29 is 0 Å². The van der Waals surface area contributed by atoms with E-state index in [0.29, 0.717) is 12.0 Å². The number of aromatic nitrogens is 1. The molecule has 1 rings (SSSR count). The van der Waals surface area contributed by atoms with Crippen LogP contribution in [0.25, 0.3) is 0 Å². The monoisotopic (exact) mass is 226 g/mol. The number of hydrogen-bond donors (Lipinski definition) is 1. The third-order valence-corrected chi connectivity index (χ3v) is 4.29. The maximum absolute atomic E-state index is 4.61. The van der Waals surface area contributed by atoms with Gasteiger partial charge in [-0.3, -0.25) is 0 Å². The van der Waals surface area contributed by atoms with Gasteiger partial charge in [-0.2, -0.15) is 0 Å². The summed E-state index contributed by atoms with van der Waals surface area (Å²) in [5.41, 5.74) is 1.20. The maximum Gasteiger partial charge on any atom is 0.0934 e. The highest BCUT2D eigenvalue weighted by atomic mass is 32.1. The van der Waals surface area contributed by atoms with Gasteiger partial charge < -0.3 is 5.32 Å². The van der Waals surface area contributed by atoms with Gasteiger partial charge in [0.15, 0.2) is 0 Å². The van der Waals surface area contributed by atoms with Crippen molar-refractivity contribution in [1.82, 2.24) is 10.3 Å². The Balaban J connectivity index is 2.66. The molecule has 1 aromatic rings. The number of nitrogens with one attached hydrogen (secondary N) is 1. The summed E-state index contributed by atoms with van der Waals surface area (Å²) in [6, 6.07) is 0.569. The molecule has 0 aliphatic heterocycles. The molecule has 2 atom stereocenters. The van der Waals surface area contributed by atoms with Gasteiger partial charge in [0.05, 0.1) is 10.7 Å². The fraction of sp³-hybridized carbons (Fsp3) is 0.750. The van der Waals surface area contributed by atoms with Gasteiger partial charge in [-0.15, -0.1) is 11.3 Å². The summed E-state index contributed by atoms with van der Waals surface area (Å²) in [7, 11) is 2.03. The normalized spacial score (nSPS) is 15.3. The van der Waals surface area contributed by atoms with Gasteiger partial charge in [-0.05, 0) is 33.7 Å². The molecule has 0 radical (unpaired) electrons. The van der Waals surface area contributed by atoms with Crippen LogP contribution in [0.5, 0.6) is 0 Å². The van der Waals surface area contributed by atoms with Crippen molar-refractivity contribution in [2.75, 3.05) is 7.05 Å². The Bertz CT molecular complexity index is 287. The molecular weight excluding hydrogens is 204 g/mol. The smallest absolute Gasteiger partial charge is 0.0934 e. The average Bonchev–Trinajstić information content (AvgIpc) is 2.53. The number of thiazole rings is 1. The zero-order valence-electron chi connectivity index (χ0n) is 10.4. The summed E-state index contributed by atoms with van der Waals surface area (Å²) >= 11 is 1.85. The summed E-state index contributed by atoms with van der Waals surface area (Å²) in [6.07, 6.45) is 2.32. The predicted molar refractivity (Wildman–Crippen MR) is 67.6 cm³/mol. The van der Waals surface area contributed by atoms with Gasteiger partial charge in [0, 0.05) is 17.3 Å². The average molecular weight is 226 g/mol. The second kappa shape index (κ2) is 5.61. The van der Waals surface area contributed by atoms with Gasteiger partial charge in [-0.1, -0.05) is 13.3 Å². The Morgan fingerprint density at radius 1 is 1.40 bits per heavy atom. The van der Waals surface area contributed by atoms with Crippen LogP contribution in [-0.4, -0.2) is 18.1 Å². The van der Waals surface area contributed by atoms with Gasteiger partial charge in [0.2, 0.25) is 0 Å². The molecule has 86 valence electrons. The second-order valence-corrected chi connectivity index (χ2v) is 5.49. The van der Waals surface area contributed by atoms with Crippen molar-refractivity contribution in [2.45, 2.75) is 46.6 Å². The van der Waals surface area contributed by atoms with Crippen LogP contribution >= 0.6 is 11.3 Å². The van der Waals surface area contributed by atoms with Crippen molar-refractivity contribution in [3.63, 3.8) is 0 Å². The van der Waals surface area contributed by atoms with E-state index >= 15 is 0 Å². The molecule has 0 fully saturated rings. The molecule has 15 heavy (non-hydrogen) atoms. The zero-order chi connectivity index (χ0) is 11.4. The largest absolute Gasteiger partial charge is 0.317 e. The Hall–Kier alpha value is -0.410. The lowest BCUT2D eigenvalue weighted by atomic mass is 9.95. The predicted octanol–water partition coefficient (Wildman–Crippen LogP) is 2.94. The van der Waals surface area contributed by atoms with Crippen LogP contribution in [-0.2, 0) is 6.42 Å². The first-order valence-electron chi connectivity index (χ1n) is 5.68. The van der Waals surface area contributed by atoms with E-state index in [1.165, 1.54) is 22.0 Å². The molecule has 2 unspecified atom stereocenters. The standard InChI is InChI=1S/C12H22N2S/c1-6-11(9(3)13-5)7-12-14-8(2)10(4)15-12/h9,11,13H,6-7H2,1-5H3. The fourth-order valence-corrected chi connectivity index (χ4v) is 2.79. The molecular formula is C12H22N2S. The first kappa shape index (κ1) is 12.7. The Kier molecular flexibility index (Phi) is 4.74. The highest BCUT2D eigenvalue weighted by Gasteiger charge is 2.16. The maximum atomic E-state index is 4.61. The summed E-state index contributed by atoms with van der Waals surface area (Å²) in [5, 5.41) is 4.63. The molecule has 0 aliphatic carbocycles. The number of rotatable bonds is 5. The van der Waals surface area contributed by atoms with Crippen LogP contribution < -0.4 is 5.32 Å². The molecule has 2 nitrogen and oxygen atoms in total.